The Morgan fingerprint density at radius 1 is 0.242 bits per heavy atom. The van der Waals surface area contributed by atoms with Gasteiger partial charge in [0.15, 0.2) is 6.10 Å². The molecule has 0 rings (SSSR count). The Balaban J connectivity index is 4.05. The van der Waals surface area contributed by atoms with E-state index >= 15 is 0 Å². The summed E-state index contributed by atoms with van der Waals surface area (Å²) in [5, 5.41) is 0. The van der Waals surface area contributed by atoms with Crippen molar-refractivity contribution < 1.29 is 28.6 Å². The Labute approximate surface area is 412 Å². The Bertz CT molecular complexity index is 982. The minimum atomic E-state index is -0.760. The molecule has 0 aliphatic carbocycles. The fraction of sp³-hybridized carbons (Fsp3) is 0.950. The van der Waals surface area contributed by atoms with E-state index in [1.165, 1.54) is 250 Å². The number of ether oxygens (including phenoxy) is 3. The maximum Gasteiger partial charge on any atom is 0.306 e. The quantitative estimate of drug-likeness (QED) is 0.0343. The summed E-state index contributed by atoms with van der Waals surface area (Å²) in [6, 6.07) is 0. The lowest BCUT2D eigenvalue weighted by Crippen LogP contribution is -2.30. The van der Waals surface area contributed by atoms with Crippen LogP contribution in [0.15, 0.2) is 0 Å². The second-order valence-corrected chi connectivity index (χ2v) is 20.6. The van der Waals surface area contributed by atoms with E-state index in [0.29, 0.717) is 19.3 Å². The van der Waals surface area contributed by atoms with E-state index in [-0.39, 0.29) is 31.1 Å². The van der Waals surface area contributed by atoms with Crippen LogP contribution >= 0.6 is 0 Å². The molecule has 6 heteroatoms. The first-order valence-corrected chi connectivity index (χ1v) is 30.0. The molecule has 0 aromatic heterocycles. The molecule has 0 aromatic carbocycles. The van der Waals surface area contributed by atoms with E-state index in [9.17, 15) is 14.4 Å². The second kappa shape index (κ2) is 56.0. The summed E-state index contributed by atoms with van der Waals surface area (Å²) in [6.07, 6.45) is 62.8. The number of esters is 3. The first kappa shape index (κ1) is 64.4. The lowest BCUT2D eigenvalue weighted by atomic mass is 10.0. The van der Waals surface area contributed by atoms with Crippen LogP contribution in [0.1, 0.15) is 348 Å². The summed E-state index contributed by atoms with van der Waals surface area (Å²) < 4.78 is 16.8. The minimum absolute atomic E-state index is 0.0621. The molecule has 1 unspecified atom stereocenters. The van der Waals surface area contributed by atoms with Gasteiger partial charge in [-0.05, 0) is 19.3 Å². The number of hydrogen-bond donors (Lipinski definition) is 0. The van der Waals surface area contributed by atoms with Gasteiger partial charge in [-0.15, -0.1) is 0 Å². The van der Waals surface area contributed by atoms with Gasteiger partial charge in [0.1, 0.15) is 13.2 Å². The first-order chi connectivity index (χ1) is 32.5. The maximum atomic E-state index is 12.8. The largest absolute Gasteiger partial charge is 0.462 e. The molecule has 6 nitrogen and oxygen atoms in total. The number of carbonyl (C=O) groups excluding carboxylic acids is 3. The minimum Gasteiger partial charge on any atom is -0.462 e. The van der Waals surface area contributed by atoms with Crippen molar-refractivity contribution in [3.63, 3.8) is 0 Å². The second-order valence-electron chi connectivity index (χ2n) is 20.6. The molecule has 0 heterocycles. The van der Waals surface area contributed by atoms with Crippen molar-refractivity contribution in [2.24, 2.45) is 0 Å². The van der Waals surface area contributed by atoms with Crippen molar-refractivity contribution in [2.75, 3.05) is 13.2 Å². The zero-order chi connectivity index (χ0) is 47.9. The van der Waals surface area contributed by atoms with E-state index < -0.39 is 6.10 Å². The van der Waals surface area contributed by atoms with Crippen LogP contribution in [-0.2, 0) is 28.6 Å². The Morgan fingerprint density at radius 2 is 0.409 bits per heavy atom. The number of hydrogen-bond acceptors (Lipinski definition) is 6. The third-order valence-electron chi connectivity index (χ3n) is 13.9. The summed E-state index contributed by atoms with van der Waals surface area (Å²) in [6.45, 7) is 6.65. The topological polar surface area (TPSA) is 78.9 Å². The molecule has 0 radical (unpaired) electrons. The summed E-state index contributed by atoms with van der Waals surface area (Å²) >= 11 is 0. The SMILES string of the molecule is CCCCCCCCCCCCCCCCCCCCCCCCC(=O)OCC(COC(=O)CCCCCCCC)OC(=O)CCCCCCCCCCCCCCCCCCCCCC. The summed E-state index contributed by atoms with van der Waals surface area (Å²) in [5.41, 5.74) is 0. The fourth-order valence-corrected chi connectivity index (χ4v) is 9.33. The van der Waals surface area contributed by atoms with Gasteiger partial charge < -0.3 is 14.2 Å². The van der Waals surface area contributed by atoms with E-state index in [0.717, 1.165) is 57.8 Å². The van der Waals surface area contributed by atoms with Gasteiger partial charge in [-0.2, -0.15) is 0 Å². The highest BCUT2D eigenvalue weighted by atomic mass is 16.6. The average molecular weight is 934 g/mol. The molecule has 0 saturated carbocycles. The van der Waals surface area contributed by atoms with Crippen molar-refractivity contribution in [2.45, 2.75) is 354 Å². The van der Waals surface area contributed by atoms with Crippen LogP contribution < -0.4 is 0 Å². The smallest absolute Gasteiger partial charge is 0.306 e. The monoisotopic (exact) mass is 933 g/mol. The molecule has 0 saturated heterocycles. The van der Waals surface area contributed by atoms with E-state index in [2.05, 4.69) is 20.8 Å². The number of rotatable bonds is 56. The van der Waals surface area contributed by atoms with Crippen LogP contribution in [0, 0.1) is 0 Å². The Kier molecular flexibility index (Phi) is 54.7. The molecule has 0 aliphatic rings. The van der Waals surface area contributed by atoms with Crippen molar-refractivity contribution in [3.8, 4) is 0 Å². The van der Waals surface area contributed by atoms with Gasteiger partial charge in [-0.1, -0.05) is 310 Å². The number of carbonyl (C=O) groups is 3. The van der Waals surface area contributed by atoms with Gasteiger partial charge in [0.2, 0.25) is 0 Å². The van der Waals surface area contributed by atoms with Gasteiger partial charge in [0, 0.05) is 19.3 Å². The van der Waals surface area contributed by atoms with Gasteiger partial charge in [0.05, 0.1) is 0 Å². The van der Waals surface area contributed by atoms with Crippen LogP contribution in [0.4, 0.5) is 0 Å². The molecular weight excluding hydrogens is 817 g/mol. The highest BCUT2D eigenvalue weighted by Crippen LogP contribution is 2.18. The fourth-order valence-electron chi connectivity index (χ4n) is 9.33. The molecule has 0 spiro atoms. The molecule has 66 heavy (non-hydrogen) atoms. The molecular formula is C60H116O6. The highest BCUT2D eigenvalue weighted by Gasteiger charge is 2.19. The van der Waals surface area contributed by atoms with Gasteiger partial charge in [-0.3, -0.25) is 14.4 Å². The molecule has 0 aromatic rings. The zero-order valence-corrected chi connectivity index (χ0v) is 45.0. The summed E-state index contributed by atoms with van der Waals surface area (Å²) in [5.74, 6) is -0.844. The highest BCUT2D eigenvalue weighted by molar-refractivity contribution is 5.71. The maximum absolute atomic E-state index is 12.8. The molecule has 0 bridgehead atoms. The lowest BCUT2D eigenvalue weighted by Gasteiger charge is -2.18. The third kappa shape index (κ3) is 53.4. The van der Waals surface area contributed by atoms with Crippen molar-refractivity contribution in [3.05, 3.63) is 0 Å². The summed E-state index contributed by atoms with van der Waals surface area (Å²) in [7, 11) is 0. The lowest BCUT2D eigenvalue weighted by molar-refractivity contribution is -0.167. The van der Waals surface area contributed by atoms with Gasteiger partial charge in [-0.25, -0.2) is 0 Å². The van der Waals surface area contributed by atoms with E-state index in [1.807, 2.05) is 0 Å². The van der Waals surface area contributed by atoms with Crippen LogP contribution in [0.3, 0.4) is 0 Å². The Hall–Kier alpha value is -1.59. The standard InChI is InChI=1S/C60H116O6/c1-4-7-10-13-16-18-20-22-24-26-28-30-31-33-34-36-38-40-42-44-47-50-53-59(62)65-56-57(55-64-58(61)52-49-46-15-12-9-6-3)66-60(63)54-51-48-45-43-41-39-37-35-32-29-27-25-23-21-19-17-14-11-8-5-2/h57H,4-56H2,1-3H3. The molecule has 1 atom stereocenters. The van der Waals surface area contributed by atoms with Gasteiger partial charge in [0.25, 0.3) is 0 Å². The van der Waals surface area contributed by atoms with Crippen LogP contribution in [0.2, 0.25) is 0 Å². The third-order valence-corrected chi connectivity index (χ3v) is 13.9. The number of unbranched alkanes of at least 4 members (excludes halogenated alkanes) is 45. The van der Waals surface area contributed by atoms with E-state index in [1.54, 1.807) is 0 Å². The predicted molar refractivity (Wildman–Crippen MR) is 284 cm³/mol. The van der Waals surface area contributed by atoms with Crippen molar-refractivity contribution in [1.82, 2.24) is 0 Å². The predicted octanol–water partition coefficient (Wildman–Crippen LogP) is 19.9. The zero-order valence-electron chi connectivity index (χ0n) is 45.0. The first-order valence-electron chi connectivity index (χ1n) is 30.0. The molecule has 0 fully saturated rings. The van der Waals surface area contributed by atoms with E-state index in [4.69, 9.17) is 14.2 Å². The molecule has 0 amide bonds. The van der Waals surface area contributed by atoms with Crippen LogP contribution in [-0.4, -0.2) is 37.2 Å². The van der Waals surface area contributed by atoms with Crippen molar-refractivity contribution >= 4 is 17.9 Å². The molecule has 0 N–H and O–H groups in total. The molecule has 0 aliphatic heterocycles. The van der Waals surface area contributed by atoms with Gasteiger partial charge >= 0.3 is 17.9 Å². The normalized spacial score (nSPS) is 11.9. The Morgan fingerprint density at radius 3 is 0.606 bits per heavy atom. The molecule has 392 valence electrons. The average Bonchev–Trinajstić information content (AvgIpc) is 3.31. The van der Waals surface area contributed by atoms with Crippen LogP contribution in [0.5, 0.6) is 0 Å². The summed E-state index contributed by atoms with van der Waals surface area (Å²) in [4.78, 5) is 37.9. The van der Waals surface area contributed by atoms with Crippen molar-refractivity contribution in [1.29, 1.82) is 0 Å². The van der Waals surface area contributed by atoms with Crippen LogP contribution in [0.25, 0.3) is 0 Å².